The Balaban J connectivity index is 1.47. The van der Waals surface area contributed by atoms with Crippen molar-refractivity contribution < 1.29 is 9.69 Å². The second-order valence-electron chi connectivity index (χ2n) is 8.96. The molecule has 0 spiro atoms. The SMILES string of the molecule is CC(=O)Nc1ccc(-c2ccc(=O)n3c2[C@@H]2C[C@H](C3)C[NH+](Cc3ccccc3)C2)cc1. The van der Waals surface area contributed by atoms with E-state index < -0.39 is 0 Å². The Morgan fingerprint density at radius 2 is 1.81 bits per heavy atom. The molecule has 0 radical (unpaired) electrons. The molecule has 0 saturated carbocycles. The number of nitrogens with one attached hydrogen (secondary N) is 2. The number of nitrogens with zero attached hydrogens (tertiary/aromatic N) is 1. The molecule has 5 heteroatoms. The molecule has 31 heavy (non-hydrogen) atoms. The van der Waals surface area contributed by atoms with Gasteiger partial charge in [0.1, 0.15) is 6.54 Å². The Morgan fingerprint density at radius 3 is 2.55 bits per heavy atom. The number of aromatic nitrogens is 1. The Morgan fingerprint density at radius 1 is 1.03 bits per heavy atom. The lowest BCUT2D eigenvalue weighted by molar-refractivity contribution is -0.924. The van der Waals surface area contributed by atoms with E-state index in [2.05, 4.69) is 35.6 Å². The number of piperidine rings is 1. The fourth-order valence-electron chi connectivity index (χ4n) is 5.45. The number of rotatable bonds is 4. The summed E-state index contributed by atoms with van der Waals surface area (Å²) < 4.78 is 2.02. The molecule has 3 heterocycles. The first-order valence-electron chi connectivity index (χ1n) is 11.1. The van der Waals surface area contributed by atoms with E-state index in [-0.39, 0.29) is 11.5 Å². The summed E-state index contributed by atoms with van der Waals surface area (Å²) in [6.07, 6.45) is 1.15. The number of anilines is 1. The van der Waals surface area contributed by atoms with E-state index in [1.165, 1.54) is 18.2 Å². The lowest BCUT2D eigenvalue weighted by Gasteiger charge is -2.41. The number of carbonyl (C=O) groups is 1. The third kappa shape index (κ3) is 4.06. The van der Waals surface area contributed by atoms with Crippen molar-refractivity contribution in [3.05, 3.63) is 88.3 Å². The number of likely N-dealkylation sites (tertiary alicyclic amines) is 1. The van der Waals surface area contributed by atoms with Crippen molar-refractivity contribution in [2.75, 3.05) is 18.4 Å². The molecule has 1 fully saturated rings. The van der Waals surface area contributed by atoms with E-state index in [4.69, 9.17) is 0 Å². The van der Waals surface area contributed by atoms with Crippen molar-refractivity contribution in [2.45, 2.75) is 32.4 Å². The first-order valence-corrected chi connectivity index (χ1v) is 11.1. The topological polar surface area (TPSA) is 55.5 Å². The van der Waals surface area contributed by atoms with Crippen molar-refractivity contribution >= 4 is 11.6 Å². The summed E-state index contributed by atoms with van der Waals surface area (Å²) in [5.41, 5.74) is 5.67. The Bertz CT molecular complexity index is 1150. The van der Waals surface area contributed by atoms with Crippen LogP contribution in [-0.2, 0) is 17.9 Å². The summed E-state index contributed by atoms with van der Waals surface area (Å²) in [4.78, 5) is 25.7. The number of quaternary nitrogens is 1. The van der Waals surface area contributed by atoms with E-state index >= 15 is 0 Å². The fraction of sp³-hybridized carbons (Fsp3) is 0.308. The molecule has 2 N–H and O–H groups in total. The molecule has 5 rings (SSSR count). The van der Waals surface area contributed by atoms with Crippen molar-refractivity contribution in [3.8, 4) is 11.1 Å². The maximum absolute atomic E-state index is 12.7. The van der Waals surface area contributed by atoms with Crippen LogP contribution in [0.25, 0.3) is 11.1 Å². The van der Waals surface area contributed by atoms with Gasteiger partial charge in [-0.05, 0) is 30.2 Å². The smallest absolute Gasteiger partial charge is 0.250 e. The van der Waals surface area contributed by atoms with Gasteiger partial charge in [-0.3, -0.25) is 9.59 Å². The van der Waals surface area contributed by atoms with Gasteiger partial charge in [0.2, 0.25) is 5.91 Å². The third-order valence-electron chi connectivity index (χ3n) is 6.60. The van der Waals surface area contributed by atoms with Crippen LogP contribution in [0.1, 0.15) is 30.5 Å². The minimum Gasteiger partial charge on any atom is -0.330 e. The summed E-state index contributed by atoms with van der Waals surface area (Å²) in [7, 11) is 0. The molecule has 1 unspecified atom stereocenters. The zero-order valence-electron chi connectivity index (χ0n) is 17.8. The van der Waals surface area contributed by atoms with E-state index in [1.807, 2.05) is 34.9 Å². The van der Waals surface area contributed by atoms with Gasteiger partial charge in [-0.2, -0.15) is 0 Å². The van der Waals surface area contributed by atoms with Gasteiger partial charge in [0.25, 0.3) is 5.56 Å². The molecule has 2 aromatic carbocycles. The van der Waals surface area contributed by atoms with Crippen LogP contribution >= 0.6 is 0 Å². The lowest BCUT2D eigenvalue weighted by Crippen LogP contribution is -3.13. The molecule has 3 atom stereocenters. The minimum atomic E-state index is -0.0777. The molecular formula is C26H28N3O2+. The van der Waals surface area contributed by atoms with Crippen molar-refractivity contribution in [1.29, 1.82) is 0 Å². The van der Waals surface area contributed by atoms with Crippen molar-refractivity contribution in [1.82, 2.24) is 4.57 Å². The van der Waals surface area contributed by atoms with Crippen LogP contribution in [0.15, 0.2) is 71.5 Å². The van der Waals surface area contributed by atoms with E-state index in [9.17, 15) is 9.59 Å². The van der Waals surface area contributed by atoms with Crippen LogP contribution in [0, 0.1) is 5.92 Å². The third-order valence-corrected chi connectivity index (χ3v) is 6.60. The normalized spacial score (nSPS) is 21.9. The maximum Gasteiger partial charge on any atom is 0.250 e. The van der Waals surface area contributed by atoms with E-state index in [0.29, 0.717) is 11.8 Å². The van der Waals surface area contributed by atoms with Crippen LogP contribution < -0.4 is 15.8 Å². The van der Waals surface area contributed by atoms with E-state index in [0.717, 1.165) is 49.4 Å². The van der Waals surface area contributed by atoms with Gasteiger partial charge in [-0.1, -0.05) is 42.5 Å². The number of carbonyl (C=O) groups excluding carboxylic acids is 1. The Labute approximate surface area is 182 Å². The molecule has 1 saturated heterocycles. The predicted octanol–water partition coefficient (Wildman–Crippen LogP) is 2.68. The van der Waals surface area contributed by atoms with Crippen LogP contribution in [-0.4, -0.2) is 23.6 Å². The fourth-order valence-corrected chi connectivity index (χ4v) is 5.45. The highest BCUT2D eigenvalue weighted by Crippen LogP contribution is 2.37. The number of fused-ring (bicyclic) bond motifs is 4. The van der Waals surface area contributed by atoms with Crippen LogP contribution in [0.3, 0.4) is 0 Å². The van der Waals surface area contributed by atoms with Crippen LogP contribution in [0.5, 0.6) is 0 Å². The lowest BCUT2D eigenvalue weighted by atomic mass is 9.80. The molecule has 2 aliphatic heterocycles. The maximum atomic E-state index is 12.7. The van der Waals surface area contributed by atoms with Gasteiger partial charge in [-0.15, -0.1) is 0 Å². The first kappa shape index (κ1) is 19.8. The molecule has 158 valence electrons. The average molecular weight is 415 g/mol. The Kier molecular flexibility index (Phi) is 5.20. The highest BCUT2D eigenvalue weighted by atomic mass is 16.1. The monoisotopic (exact) mass is 414 g/mol. The first-order chi connectivity index (χ1) is 15.1. The van der Waals surface area contributed by atoms with Crippen molar-refractivity contribution in [2.24, 2.45) is 5.92 Å². The molecule has 1 amide bonds. The largest absolute Gasteiger partial charge is 0.330 e. The van der Waals surface area contributed by atoms with Gasteiger partial charge in [0.05, 0.1) is 13.1 Å². The zero-order chi connectivity index (χ0) is 21.4. The molecule has 2 bridgehead atoms. The van der Waals surface area contributed by atoms with Crippen molar-refractivity contribution in [3.63, 3.8) is 0 Å². The van der Waals surface area contributed by atoms with Gasteiger partial charge in [0, 0.05) is 53.9 Å². The van der Waals surface area contributed by atoms with Crippen LogP contribution in [0.2, 0.25) is 0 Å². The summed E-state index contributed by atoms with van der Waals surface area (Å²) in [5.74, 6) is 0.844. The highest BCUT2D eigenvalue weighted by molar-refractivity contribution is 5.89. The highest BCUT2D eigenvalue weighted by Gasteiger charge is 2.38. The average Bonchev–Trinajstić information content (AvgIpc) is 2.75. The molecule has 0 aliphatic carbocycles. The van der Waals surface area contributed by atoms with E-state index in [1.54, 1.807) is 11.0 Å². The Hall–Kier alpha value is -3.18. The molecular weight excluding hydrogens is 386 g/mol. The number of hydrogen-bond acceptors (Lipinski definition) is 2. The van der Waals surface area contributed by atoms with Gasteiger partial charge >= 0.3 is 0 Å². The molecule has 5 nitrogen and oxygen atoms in total. The number of hydrogen-bond donors (Lipinski definition) is 2. The predicted molar refractivity (Wildman–Crippen MR) is 122 cm³/mol. The summed E-state index contributed by atoms with van der Waals surface area (Å²) in [6.45, 7) is 5.52. The van der Waals surface area contributed by atoms with Crippen LogP contribution in [0.4, 0.5) is 5.69 Å². The second-order valence-corrected chi connectivity index (χ2v) is 8.96. The van der Waals surface area contributed by atoms with Gasteiger partial charge < -0.3 is 14.8 Å². The minimum absolute atomic E-state index is 0.0777. The molecule has 1 aromatic heterocycles. The number of amides is 1. The summed E-state index contributed by atoms with van der Waals surface area (Å²) in [6, 6.07) is 22.3. The number of pyridine rings is 1. The summed E-state index contributed by atoms with van der Waals surface area (Å²) >= 11 is 0. The quantitative estimate of drug-likeness (QED) is 0.690. The molecule has 3 aromatic rings. The zero-order valence-corrected chi connectivity index (χ0v) is 17.8. The molecule has 2 aliphatic rings. The van der Waals surface area contributed by atoms with Gasteiger partial charge in [-0.25, -0.2) is 0 Å². The summed E-state index contributed by atoms with van der Waals surface area (Å²) in [5, 5.41) is 2.82. The second kappa shape index (κ2) is 8.16. The van der Waals surface area contributed by atoms with Gasteiger partial charge in [0.15, 0.2) is 0 Å². The number of benzene rings is 2. The standard InChI is InChI=1S/C26H27N3O2/c1-18(30)27-23-9-7-21(8-10-23)24-11-12-25(31)29-16-20-13-22(26(24)29)17-28(15-20)14-19-5-3-2-4-6-19/h2-12,20,22H,13-17H2,1H3,(H,27,30)/p+1/t20-,22+/m0/s1.